The van der Waals surface area contributed by atoms with Gasteiger partial charge >= 0.3 is 0 Å². The number of ether oxygens (including phenoxy) is 2. The number of amides is 2. The fraction of sp³-hybridized carbons (Fsp3) is 0.600. The van der Waals surface area contributed by atoms with Gasteiger partial charge in [0.25, 0.3) is 5.91 Å². The average Bonchev–Trinajstić information content (AvgIpc) is 3.09. The molecule has 0 aliphatic carbocycles. The molecule has 2 fully saturated rings. The van der Waals surface area contributed by atoms with Gasteiger partial charge in [0.15, 0.2) is 0 Å². The Balaban J connectivity index is 1.72. The summed E-state index contributed by atoms with van der Waals surface area (Å²) in [4.78, 5) is 29.4. The van der Waals surface area contributed by atoms with E-state index in [1.165, 1.54) is 0 Å². The van der Waals surface area contributed by atoms with Gasteiger partial charge in [-0.15, -0.1) is 11.8 Å². The Morgan fingerprint density at radius 1 is 1.04 bits per heavy atom. The van der Waals surface area contributed by atoms with Crippen LogP contribution >= 0.6 is 11.8 Å². The first-order valence-corrected chi connectivity index (χ1v) is 10.4. The van der Waals surface area contributed by atoms with Crippen molar-refractivity contribution in [3.8, 4) is 11.5 Å². The molecule has 148 valence electrons. The second-order valence-electron chi connectivity index (χ2n) is 7.33. The van der Waals surface area contributed by atoms with Gasteiger partial charge < -0.3 is 19.3 Å². The van der Waals surface area contributed by atoms with Gasteiger partial charge in [-0.25, -0.2) is 0 Å². The number of nitrogens with zero attached hydrogens (tertiary/aromatic N) is 2. The van der Waals surface area contributed by atoms with E-state index in [-0.39, 0.29) is 22.6 Å². The van der Waals surface area contributed by atoms with E-state index in [9.17, 15) is 9.59 Å². The Hall–Kier alpha value is -1.89. The molecule has 2 saturated heterocycles. The van der Waals surface area contributed by atoms with E-state index in [2.05, 4.69) is 4.90 Å². The quantitative estimate of drug-likeness (QED) is 0.789. The summed E-state index contributed by atoms with van der Waals surface area (Å²) in [5.74, 6) is 2.38. The fourth-order valence-corrected chi connectivity index (χ4v) is 5.28. The molecule has 3 rings (SSSR count). The number of likely N-dealkylation sites (tertiary alicyclic amines) is 1. The maximum Gasteiger partial charge on any atom is 0.254 e. The van der Waals surface area contributed by atoms with Crippen LogP contribution in [-0.2, 0) is 4.79 Å². The van der Waals surface area contributed by atoms with E-state index < -0.39 is 0 Å². The second-order valence-corrected chi connectivity index (χ2v) is 8.79. The van der Waals surface area contributed by atoms with Gasteiger partial charge in [0.1, 0.15) is 11.5 Å². The Morgan fingerprint density at radius 2 is 1.63 bits per heavy atom. The van der Waals surface area contributed by atoms with E-state index in [0.29, 0.717) is 30.2 Å². The van der Waals surface area contributed by atoms with Gasteiger partial charge in [-0.2, -0.15) is 0 Å². The summed E-state index contributed by atoms with van der Waals surface area (Å²) in [5.41, 5.74) is 0.566. The number of carbonyl (C=O) groups excluding carboxylic acids is 2. The van der Waals surface area contributed by atoms with Crippen LogP contribution in [-0.4, -0.2) is 66.1 Å². The molecule has 0 radical (unpaired) electrons. The van der Waals surface area contributed by atoms with Crippen molar-refractivity contribution in [2.45, 2.75) is 31.6 Å². The molecule has 2 aliphatic heterocycles. The summed E-state index contributed by atoms with van der Waals surface area (Å²) < 4.78 is 10.6. The highest BCUT2D eigenvalue weighted by atomic mass is 32.2. The molecule has 27 heavy (non-hydrogen) atoms. The molecule has 0 N–H and O–H groups in total. The molecule has 1 aromatic carbocycles. The summed E-state index contributed by atoms with van der Waals surface area (Å²) in [6.45, 7) is 6.00. The lowest BCUT2D eigenvalue weighted by Crippen LogP contribution is -2.54. The number of carbonyl (C=O) groups is 2. The first-order valence-electron chi connectivity index (χ1n) is 9.38. The van der Waals surface area contributed by atoms with Crippen molar-refractivity contribution in [3.63, 3.8) is 0 Å². The number of hydrogen-bond donors (Lipinski definition) is 0. The number of hydrogen-bond acceptors (Lipinski definition) is 5. The molecule has 0 bridgehead atoms. The minimum absolute atomic E-state index is 0.00415. The molecule has 1 aromatic rings. The van der Waals surface area contributed by atoms with Crippen molar-refractivity contribution < 1.29 is 19.1 Å². The van der Waals surface area contributed by atoms with Gasteiger partial charge in [-0.1, -0.05) is 13.8 Å². The molecule has 0 aromatic heterocycles. The molecular formula is C20H28N2O4S. The number of methoxy groups -OCH3 is 2. The van der Waals surface area contributed by atoms with Crippen molar-refractivity contribution in [2.24, 2.45) is 5.92 Å². The van der Waals surface area contributed by atoms with E-state index in [4.69, 9.17) is 9.47 Å². The van der Waals surface area contributed by atoms with E-state index in [0.717, 1.165) is 25.1 Å². The average molecular weight is 393 g/mol. The van der Waals surface area contributed by atoms with Gasteiger partial charge in [0.2, 0.25) is 5.91 Å². The van der Waals surface area contributed by atoms with Crippen LogP contribution in [0.5, 0.6) is 11.5 Å². The molecule has 1 spiro atoms. The summed E-state index contributed by atoms with van der Waals surface area (Å²) in [5, 5.41) is 0. The third kappa shape index (κ3) is 3.88. The molecule has 7 heteroatoms. The predicted molar refractivity (Wildman–Crippen MR) is 106 cm³/mol. The Labute approximate surface area is 165 Å². The third-order valence-electron chi connectivity index (χ3n) is 5.37. The zero-order valence-electron chi connectivity index (χ0n) is 16.5. The number of benzene rings is 1. The van der Waals surface area contributed by atoms with Crippen LogP contribution in [0.15, 0.2) is 18.2 Å². The van der Waals surface area contributed by atoms with Crippen molar-refractivity contribution in [3.05, 3.63) is 23.8 Å². The predicted octanol–water partition coefficient (Wildman–Crippen LogP) is 2.87. The van der Waals surface area contributed by atoms with Gasteiger partial charge in [-0.05, 0) is 25.0 Å². The van der Waals surface area contributed by atoms with Crippen LogP contribution < -0.4 is 9.47 Å². The number of rotatable bonds is 4. The van der Waals surface area contributed by atoms with Gasteiger partial charge in [0, 0.05) is 42.9 Å². The maximum absolute atomic E-state index is 13.0. The van der Waals surface area contributed by atoms with Crippen LogP contribution in [0.1, 0.15) is 37.0 Å². The minimum Gasteiger partial charge on any atom is -0.497 e. The van der Waals surface area contributed by atoms with E-state index in [1.54, 1.807) is 32.4 Å². The minimum atomic E-state index is -0.149. The Kier molecular flexibility index (Phi) is 5.89. The molecule has 0 atom stereocenters. The summed E-state index contributed by atoms with van der Waals surface area (Å²) >= 11 is 1.87. The largest absolute Gasteiger partial charge is 0.497 e. The fourth-order valence-electron chi connectivity index (χ4n) is 3.82. The number of thioether (sulfide) groups is 1. The van der Waals surface area contributed by atoms with Crippen molar-refractivity contribution in [1.29, 1.82) is 0 Å². The lowest BCUT2D eigenvalue weighted by Gasteiger charge is -2.44. The Morgan fingerprint density at radius 3 is 2.15 bits per heavy atom. The highest BCUT2D eigenvalue weighted by molar-refractivity contribution is 8.00. The Bertz CT molecular complexity index is 692. The standard InChI is InChI=1S/C20H28N2O4S/c1-14(2)18(23)22-9-10-27-20(22)5-7-21(8-6-20)19(24)15-11-16(25-3)13-17(12-15)26-4/h11-14H,5-10H2,1-4H3. The lowest BCUT2D eigenvalue weighted by atomic mass is 9.99. The first-order chi connectivity index (χ1) is 12.9. The highest BCUT2D eigenvalue weighted by Gasteiger charge is 2.47. The van der Waals surface area contributed by atoms with Crippen LogP contribution in [0, 0.1) is 5.92 Å². The smallest absolute Gasteiger partial charge is 0.254 e. The molecule has 0 saturated carbocycles. The third-order valence-corrected chi connectivity index (χ3v) is 6.92. The molecule has 6 nitrogen and oxygen atoms in total. The second kappa shape index (κ2) is 8.00. The van der Waals surface area contributed by atoms with Crippen LogP contribution in [0.25, 0.3) is 0 Å². The summed E-state index contributed by atoms with van der Waals surface area (Å²) in [6, 6.07) is 5.24. The van der Waals surface area contributed by atoms with E-state index in [1.807, 2.05) is 30.5 Å². The highest BCUT2D eigenvalue weighted by Crippen LogP contribution is 2.44. The monoisotopic (exact) mass is 392 g/mol. The zero-order chi connectivity index (χ0) is 19.6. The first kappa shape index (κ1) is 19.9. The van der Waals surface area contributed by atoms with Gasteiger partial charge in [-0.3, -0.25) is 9.59 Å². The zero-order valence-corrected chi connectivity index (χ0v) is 17.3. The SMILES string of the molecule is COc1cc(OC)cc(C(=O)N2CCC3(CC2)SCCN3C(=O)C(C)C)c1. The van der Waals surface area contributed by atoms with Gasteiger partial charge in [0.05, 0.1) is 19.1 Å². The summed E-state index contributed by atoms with van der Waals surface area (Å²) in [6.07, 6.45) is 1.62. The van der Waals surface area contributed by atoms with Crippen molar-refractivity contribution >= 4 is 23.6 Å². The molecule has 0 unspecified atom stereocenters. The lowest BCUT2D eigenvalue weighted by molar-refractivity contribution is -0.137. The number of piperidine rings is 1. The van der Waals surface area contributed by atoms with Crippen LogP contribution in [0.2, 0.25) is 0 Å². The topological polar surface area (TPSA) is 59.1 Å². The summed E-state index contributed by atoms with van der Waals surface area (Å²) in [7, 11) is 3.15. The van der Waals surface area contributed by atoms with E-state index >= 15 is 0 Å². The van der Waals surface area contributed by atoms with Crippen molar-refractivity contribution in [1.82, 2.24) is 9.80 Å². The molecule has 2 heterocycles. The van der Waals surface area contributed by atoms with Crippen LogP contribution in [0.4, 0.5) is 0 Å². The normalized spacial score (nSPS) is 18.9. The maximum atomic E-state index is 13.0. The molecule has 2 amide bonds. The molecular weight excluding hydrogens is 364 g/mol. The molecule has 2 aliphatic rings. The van der Waals surface area contributed by atoms with Crippen LogP contribution in [0.3, 0.4) is 0 Å². The van der Waals surface area contributed by atoms with Crippen molar-refractivity contribution in [2.75, 3.05) is 39.6 Å².